The molecule has 0 amide bonds. The van der Waals surface area contributed by atoms with Crippen LogP contribution >= 0.6 is 22.7 Å². The molecule has 1 nitrogen and oxygen atoms in total. The second-order valence-corrected chi connectivity index (χ2v) is 13.4. The summed E-state index contributed by atoms with van der Waals surface area (Å²) >= 11 is 3.73. The third-order valence-electron chi connectivity index (χ3n) is 8.47. The van der Waals surface area contributed by atoms with Crippen molar-refractivity contribution in [1.82, 2.24) is 4.57 Å². The first kappa shape index (κ1) is 24.0. The van der Waals surface area contributed by atoms with Crippen LogP contribution in [-0.2, 0) is 0 Å². The van der Waals surface area contributed by atoms with Gasteiger partial charge in [-0.1, -0.05) is 78.9 Å². The molecule has 0 atom stereocenters. The summed E-state index contributed by atoms with van der Waals surface area (Å²) in [6.07, 6.45) is 0. The number of fused-ring (bicyclic) bond motifs is 10. The fourth-order valence-electron chi connectivity index (χ4n) is 6.59. The van der Waals surface area contributed by atoms with Gasteiger partial charge in [0.2, 0.25) is 0 Å². The van der Waals surface area contributed by atoms with E-state index in [4.69, 9.17) is 0 Å². The summed E-state index contributed by atoms with van der Waals surface area (Å²) in [4.78, 5) is 1.29. The van der Waals surface area contributed by atoms with Gasteiger partial charge >= 0.3 is 0 Å². The molecule has 0 spiro atoms. The molecule has 0 N–H and O–H groups in total. The van der Waals surface area contributed by atoms with E-state index < -0.39 is 0 Å². The molecule has 9 rings (SSSR count). The number of rotatable bonds is 1. The third kappa shape index (κ3) is 3.61. The molecule has 3 heteroatoms. The Morgan fingerprint density at radius 2 is 1.19 bits per heavy atom. The molecule has 0 saturated carbocycles. The SMILES string of the molecule is Cc1cc2cc3sc4ccccc4c3cc2ccc2cc(-n3c4ccccc4c4c5ccccc5ccc43)ccc2s1. The third-order valence-corrected chi connectivity index (χ3v) is 10.6. The molecule has 3 aromatic heterocycles. The summed E-state index contributed by atoms with van der Waals surface area (Å²) in [5.74, 6) is 0. The largest absolute Gasteiger partial charge is 0.309 e. The van der Waals surface area contributed by atoms with E-state index in [1.165, 1.54) is 84.2 Å². The summed E-state index contributed by atoms with van der Waals surface area (Å²) in [6, 6.07) is 49.4. The first-order chi connectivity index (χ1) is 20.7. The van der Waals surface area contributed by atoms with E-state index in [1.807, 2.05) is 22.7 Å². The predicted octanol–water partition coefficient (Wildman–Crippen LogP) is 12.1. The minimum absolute atomic E-state index is 1.18. The number of nitrogens with zero attached hydrogens (tertiary/aromatic N) is 1. The van der Waals surface area contributed by atoms with Crippen LogP contribution in [0.15, 0.2) is 133 Å². The summed E-state index contributed by atoms with van der Waals surface area (Å²) in [6.45, 7) is 2.23. The number of hydrogen-bond acceptors (Lipinski definition) is 2. The van der Waals surface area contributed by atoms with Crippen LogP contribution in [0.1, 0.15) is 4.88 Å². The zero-order valence-electron chi connectivity index (χ0n) is 23.0. The van der Waals surface area contributed by atoms with Gasteiger partial charge in [0.25, 0.3) is 0 Å². The van der Waals surface area contributed by atoms with Crippen LogP contribution in [0.2, 0.25) is 0 Å². The molecular formula is C39H25NS2. The van der Waals surface area contributed by atoms with E-state index in [0.717, 1.165) is 0 Å². The molecule has 0 saturated heterocycles. The Kier molecular flexibility index (Phi) is 5.22. The van der Waals surface area contributed by atoms with Crippen LogP contribution in [0.3, 0.4) is 0 Å². The van der Waals surface area contributed by atoms with Gasteiger partial charge in [-0.05, 0) is 88.5 Å². The lowest BCUT2D eigenvalue weighted by Gasteiger charge is -2.09. The molecule has 198 valence electrons. The van der Waals surface area contributed by atoms with Gasteiger partial charge in [-0.3, -0.25) is 0 Å². The van der Waals surface area contributed by atoms with E-state index >= 15 is 0 Å². The number of hydrogen-bond donors (Lipinski definition) is 0. The number of aromatic nitrogens is 1. The molecule has 0 aliphatic rings. The fourth-order valence-corrected chi connectivity index (χ4v) is 8.64. The lowest BCUT2D eigenvalue weighted by molar-refractivity contribution is 1.19. The standard InChI is InChI=1S/C39H25NS2/c1-24-20-28-23-38-33(31-10-5-7-13-37(31)42-38)22-26(28)14-15-27-21-29(17-19-36(27)41-24)40-34-12-6-4-11-32(34)39-30-9-3-2-8-25(30)16-18-35(39)40/h2-23H,1H3. The average Bonchev–Trinajstić information content (AvgIpc) is 3.57. The highest BCUT2D eigenvalue weighted by Gasteiger charge is 2.14. The van der Waals surface area contributed by atoms with Gasteiger partial charge in [0.15, 0.2) is 0 Å². The van der Waals surface area contributed by atoms with Crippen LogP contribution in [-0.4, -0.2) is 4.57 Å². The molecule has 0 bridgehead atoms. The molecule has 6 aromatic carbocycles. The first-order valence-corrected chi connectivity index (χ1v) is 15.9. The number of para-hydroxylation sites is 1. The Morgan fingerprint density at radius 1 is 0.429 bits per heavy atom. The molecular weight excluding hydrogens is 547 g/mol. The van der Waals surface area contributed by atoms with Crippen molar-refractivity contribution in [1.29, 1.82) is 0 Å². The van der Waals surface area contributed by atoms with Crippen molar-refractivity contribution in [2.24, 2.45) is 0 Å². The van der Waals surface area contributed by atoms with Gasteiger partial charge in [0.05, 0.1) is 11.0 Å². The molecule has 42 heavy (non-hydrogen) atoms. The van der Waals surface area contributed by atoms with E-state index in [9.17, 15) is 0 Å². The van der Waals surface area contributed by atoms with Crippen LogP contribution < -0.4 is 0 Å². The van der Waals surface area contributed by atoms with Crippen molar-refractivity contribution >= 4 is 96.3 Å². The number of thiophene rings is 1. The molecule has 9 aromatic rings. The first-order valence-electron chi connectivity index (χ1n) is 14.3. The summed E-state index contributed by atoms with van der Waals surface area (Å²) in [7, 11) is 0. The Hall–Kier alpha value is -4.70. The van der Waals surface area contributed by atoms with Gasteiger partial charge < -0.3 is 4.57 Å². The Labute approximate surface area is 250 Å². The molecule has 0 unspecified atom stereocenters. The van der Waals surface area contributed by atoms with Gasteiger partial charge in [0.1, 0.15) is 0 Å². The van der Waals surface area contributed by atoms with E-state index in [1.54, 1.807) is 0 Å². The highest BCUT2D eigenvalue weighted by Crippen LogP contribution is 2.39. The lowest BCUT2D eigenvalue weighted by atomic mass is 10.0. The molecule has 3 heterocycles. The Bertz CT molecular complexity index is 2590. The van der Waals surface area contributed by atoms with Gasteiger partial charge in [-0.25, -0.2) is 0 Å². The van der Waals surface area contributed by atoms with Crippen LogP contribution in [0, 0.1) is 6.92 Å². The Morgan fingerprint density at radius 3 is 2.12 bits per heavy atom. The number of aryl methyl sites for hydroxylation is 1. The summed E-state index contributed by atoms with van der Waals surface area (Å²) < 4.78 is 6.39. The van der Waals surface area contributed by atoms with Crippen molar-refractivity contribution in [3.05, 3.63) is 138 Å². The highest BCUT2D eigenvalue weighted by molar-refractivity contribution is 7.25. The zero-order chi connectivity index (χ0) is 27.8. The highest BCUT2D eigenvalue weighted by atomic mass is 32.1. The monoisotopic (exact) mass is 571 g/mol. The quantitative estimate of drug-likeness (QED) is 0.185. The Balaban J connectivity index is 1.33. The molecule has 0 aliphatic carbocycles. The summed E-state index contributed by atoms with van der Waals surface area (Å²) in [5, 5.41) is 11.6. The number of benzene rings is 6. The van der Waals surface area contributed by atoms with Gasteiger partial charge in [0, 0.05) is 46.2 Å². The maximum absolute atomic E-state index is 2.43. The van der Waals surface area contributed by atoms with Crippen molar-refractivity contribution in [2.75, 3.05) is 0 Å². The minimum Gasteiger partial charge on any atom is -0.309 e. The smallest absolute Gasteiger partial charge is 0.0547 e. The van der Waals surface area contributed by atoms with Crippen molar-refractivity contribution < 1.29 is 0 Å². The van der Waals surface area contributed by atoms with E-state index in [0.29, 0.717) is 0 Å². The maximum atomic E-state index is 2.43. The van der Waals surface area contributed by atoms with Crippen molar-refractivity contribution in [3.8, 4) is 5.69 Å². The normalized spacial score (nSPS) is 11.9. The second kappa shape index (κ2) is 9.15. The van der Waals surface area contributed by atoms with Crippen LogP contribution in [0.5, 0.6) is 0 Å². The molecule has 0 radical (unpaired) electrons. The summed E-state index contributed by atoms with van der Waals surface area (Å²) in [5.41, 5.74) is 3.65. The minimum atomic E-state index is 1.18. The molecule has 0 aliphatic heterocycles. The molecule has 0 fully saturated rings. The zero-order valence-corrected chi connectivity index (χ0v) is 24.6. The van der Waals surface area contributed by atoms with Gasteiger partial charge in [-0.15, -0.1) is 22.7 Å². The maximum Gasteiger partial charge on any atom is 0.0547 e. The van der Waals surface area contributed by atoms with E-state index in [2.05, 4.69) is 145 Å². The van der Waals surface area contributed by atoms with Crippen LogP contribution in [0.25, 0.3) is 79.3 Å². The van der Waals surface area contributed by atoms with Crippen LogP contribution in [0.4, 0.5) is 0 Å². The second-order valence-electron chi connectivity index (χ2n) is 11.0. The van der Waals surface area contributed by atoms with Gasteiger partial charge in [-0.2, -0.15) is 0 Å². The predicted molar refractivity (Wildman–Crippen MR) is 186 cm³/mol. The van der Waals surface area contributed by atoms with E-state index in [-0.39, 0.29) is 0 Å². The fraction of sp³-hybridized carbons (Fsp3) is 0.0256. The van der Waals surface area contributed by atoms with Crippen molar-refractivity contribution in [3.63, 3.8) is 0 Å². The lowest BCUT2D eigenvalue weighted by Crippen LogP contribution is -1.93. The average molecular weight is 572 g/mol. The van der Waals surface area contributed by atoms with Crippen molar-refractivity contribution in [2.45, 2.75) is 6.92 Å². The topological polar surface area (TPSA) is 4.93 Å².